The van der Waals surface area contributed by atoms with Gasteiger partial charge in [0.2, 0.25) is 0 Å². The lowest BCUT2D eigenvalue weighted by molar-refractivity contribution is 0.358. The molecule has 1 aromatic carbocycles. The number of nitrogen functional groups attached to an aromatic ring is 1. The average Bonchev–Trinajstić information content (AvgIpc) is 2.44. The molecular formula is C15H21N3O2. The monoisotopic (exact) mass is 275 g/mol. The van der Waals surface area contributed by atoms with E-state index in [1.165, 1.54) is 0 Å². The summed E-state index contributed by atoms with van der Waals surface area (Å²) in [5, 5.41) is 4.32. The normalized spacial score (nSPS) is 10.8. The van der Waals surface area contributed by atoms with Crippen LogP contribution in [0.1, 0.15) is 13.8 Å². The fourth-order valence-electron chi connectivity index (χ4n) is 2.10. The van der Waals surface area contributed by atoms with E-state index in [-0.39, 0.29) is 0 Å². The first-order valence-electron chi connectivity index (χ1n) is 6.61. The number of fused-ring (bicyclic) bond motifs is 1. The molecule has 1 heterocycles. The van der Waals surface area contributed by atoms with Crippen LogP contribution in [0.3, 0.4) is 0 Å². The van der Waals surface area contributed by atoms with E-state index in [0.29, 0.717) is 23.1 Å². The van der Waals surface area contributed by atoms with Crippen molar-refractivity contribution in [2.24, 2.45) is 5.92 Å². The number of anilines is 2. The largest absolute Gasteiger partial charge is 0.493 e. The lowest BCUT2D eigenvalue weighted by Crippen LogP contribution is -2.10. The minimum absolute atomic E-state index is 0.526. The van der Waals surface area contributed by atoms with Crippen LogP contribution in [0.2, 0.25) is 0 Å². The van der Waals surface area contributed by atoms with Gasteiger partial charge in [-0.2, -0.15) is 0 Å². The maximum absolute atomic E-state index is 6.04. The Balaban J connectivity index is 2.60. The van der Waals surface area contributed by atoms with E-state index < -0.39 is 0 Å². The van der Waals surface area contributed by atoms with Crippen LogP contribution in [0.5, 0.6) is 11.5 Å². The number of rotatable bonds is 5. The van der Waals surface area contributed by atoms with Gasteiger partial charge in [0, 0.05) is 11.9 Å². The van der Waals surface area contributed by atoms with Crippen LogP contribution in [0.15, 0.2) is 18.3 Å². The Bertz CT molecular complexity index is 612. The van der Waals surface area contributed by atoms with Crippen LogP contribution >= 0.6 is 0 Å². The highest BCUT2D eigenvalue weighted by Crippen LogP contribution is 2.38. The lowest BCUT2D eigenvalue weighted by Gasteiger charge is -2.16. The summed E-state index contributed by atoms with van der Waals surface area (Å²) in [4.78, 5) is 4.38. The van der Waals surface area contributed by atoms with Gasteiger partial charge in [-0.15, -0.1) is 0 Å². The second kappa shape index (κ2) is 5.86. The molecule has 108 valence electrons. The first-order valence-corrected chi connectivity index (χ1v) is 6.61. The molecule has 0 amide bonds. The number of aromatic nitrogens is 1. The topological polar surface area (TPSA) is 69.4 Å². The Kier molecular flexibility index (Phi) is 4.17. The summed E-state index contributed by atoms with van der Waals surface area (Å²) in [6.07, 6.45) is 1.65. The molecule has 2 aromatic rings. The summed E-state index contributed by atoms with van der Waals surface area (Å²) < 4.78 is 10.7. The quantitative estimate of drug-likeness (QED) is 0.878. The van der Waals surface area contributed by atoms with E-state index in [1.807, 2.05) is 12.1 Å². The predicted octanol–water partition coefficient (Wildman–Crippen LogP) is 2.90. The summed E-state index contributed by atoms with van der Waals surface area (Å²) in [5.41, 5.74) is 8.30. The fourth-order valence-corrected chi connectivity index (χ4v) is 2.10. The smallest absolute Gasteiger partial charge is 0.187 e. The summed E-state index contributed by atoms with van der Waals surface area (Å²) in [7, 11) is 3.22. The van der Waals surface area contributed by atoms with Crippen LogP contribution in [-0.2, 0) is 0 Å². The molecule has 0 unspecified atom stereocenters. The molecule has 20 heavy (non-hydrogen) atoms. The molecule has 0 radical (unpaired) electrons. The molecule has 0 saturated heterocycles. The Labute approximate surface area is 119 Å². The third-order valence-corrected chi connectivity index (χ3v) is 3.10. The first-order chi connectivity index (χ1) is 9.58. The highest BCUT2D eigenvalue weighted by molar-refractivity contribution is 6.00. The van der Waals surface area contributed by atoms with Crippen LogP contribution in [-0.4, -0.2) is 25.7 Å². The van der Waals surface area contributed by atoms with Crippen LogP contribution in [0.4, 0.5) is 11.4 Å². The van der Waals surface area contributed by atoms with Crippen LogP contribution in [0.25, 0.3) is 10.9 Å². The SMILES string of the molecule is COc1ccc2c(NCC(C)C)c(N)cnc2c1OC. The molecule has 0 atom stereocenters. The van der Waals surface area contributed by atoms with Crippen LogP contribution < -0.4 is 20.5 Å². The highest BCUT2D eigenvalue weighted by Gasteiger charge is 2.14. The first kappa shape index (κ1) is 14.2. The Hall–Kier alpha value is -2.17. The molecule has 0 spiro atoms. The van der Waals surface area contributed by atoms with Gasteiger partial charge < -0.3 is 20.5 Å². The fraction of sp³-hybridized carbons (Fsp3) is 0.400. The van der Waals surface area contributed by atoms with E-state index in [2.05, 4.69) is 24.1 Å². The van der Waals surface area contributed by atoms with Gasteiger partial charge in [0.25, 0.3) is 0 Å². The Morgan fingerprint density at radius 1 is 1.25 bits per heavy atom. The summed E-state index contributed by atoms with van der Waals surface area (Å²) in [6.45, 7) is 5.14. The van der Waals surface area contributed by atoms with Gasteiger partial charge >= 0.3 is 0 Å². The van der Waals surface area contributed by atoms with Gasteiger partial charge in [0.05, 0.1) is 31.8 Å². The van der Waals surface area contributed by atoms with Gasteiger partial charge in [0.15, 0.2) is 11.5 Å². The minimum atomic E-state index is 0.526. The van der Waals surface area contributed by atoms with Crippen molar-refractivity contribution in [1.29, 1.82) is 0 Å². The average molecular weight is 275 g/mol. The van der Waals surface area contributed by atoms with Crippen molar-refractivity contribution in [3.05, 3.63) is 18.3 Å². The molecular weight excluding hydrogens is 254 g/mol. The number of pyridine rings is 1. The number of ether oxygens (including phenoxy) is 2. The molecule has 0 fully saturated rings. The maximum atomic E-state index is 6.04. The number of nitrogens with zero attached hydrogens (tertiary/aromatic N) is 1. The minimum Gasteiger partial charge on any atom is -0.493 e. The molecule has 2 rings (SSSR count). The summed E-state index contributed by atoms with van der Waals surface area (Å²) in [5.74, 6) is 1.81. The molecule has 0 bridgehead atoms. The Morgan fingerprint density at radius 2 is 2.00 bits per heavy atom. The number of benzene rings is 1. The van der Waals surface area contributed by atoms with E-state index in [1.54, 1.807) is 20.4 Å². The zero-order valence-corrected chi connectivity index (χ0v) is 12.4. The Morgan fingerprint density at radius 3 is 2.60 bits per heavy atom. The highest BCUT2D eigenvalue weighted by atomic mass is 16.5. The van der Waals surface area contributed by atoms with Gasteiger partial charge in [-0.1, -0.05) is 13.8 Å². The van der Waals surface area contributed by atoms with Crippen molar-refractivity contribution in [2.75, 3.05) is 31.8 Å². The maximum Gasteiger partial charge on any atom is 0.187 e. The van der Waals surface area contributed by atoms with E-state index in [4.69, 9.17) is 15.2 Å². The van der Waals surface area contributed by atoms with Crippen molar-refractivity contribution in [3.63, 3.8) is 0 Å². The molecule has 0 aliphatic rings. The van der Waals surface area contributed by atoms with Crippen molar-refractivity contribution in [1.82, 2.24) is 4.98 Å². The second-order valence-electron chi connectivity index (χ2n) is 5.06. The molecule has 1 aromatic heterocycles. The van der Waals surface area contributed by atoms with Gasteiger partial charge in [0.1, 0.15) is 5.52 Å². The van der Waals surface area contributed by atoms with Crippen molar-refractivity contribution in [2.45, 2.75) is 13.8 Å². The molecule has 0 aliphatic carbocycles. The zero-order chi connectivity index (χ0) is 14.7. The van der Waals surface area contributed by atoms with Crippen molar-refractivity contribution >= 4 is 22.3 Å². The number of hydrogen-bond donors (Lipinski definition) is 2. The second-order valence-corrected chi connectivity index (χ2v) is 5.06. The van der Waals surface area contributed by atoms with Crippen molar-refractivity contribution in [3.8, 4) is 11.5 Å². The van der Waals surface area contributed by atoms with Crippen LogP contribution in [0, 0.1) is 5.92 Å². The molecule has 0 saturated carbocycles. The number of hydrogen-bond acceptors (Lipinski definition) is 5. The van der Waals surface area contributed by atoms with E-state index in [0.717, 1.165) is 23.1 Å². The third-order valence-electron chi connectivity index (χ3n) is 3.10. The molecule has 0 aliphatic heterocycles. The lowest BCUT2D eigenvalue weighted by atomic mass is 10.1. The standard InChI is InChI=1S/C15H21N3O2/c1-9(2)7-17-13-10-5-6-12(19-3)15(20-4)14(10)18-8-11(13)16/h5-6,8-9H,7,16H2,1-4H3,(H,17,18). The van der Waals surface area contributed by atoms with Gasteiger partial charge in [-0.25, -0.2) is 4.98 Å². The van der Waals surface area contributed by atoms with Crippen molar-refractivity contribution < 1.29 is 9.47 Å². The number of nitrogens with one attached hydrogen (secondary N) is 1. The van der Waals surface area contributed by atoms with Gasteiger partial charge in [-0.05, 0) is 18.1 Å². The van der Waals surface area contributed by atoms with Gasteiger partial charge in [-0.3, -0.25) is 0 Å². The number of nitrogens with two attached hydrogens (primary N) is 1. The number of methoxy groups -OCH3 is 2. The predicted molar refractivity (Wildman–Crippen MR) is 82.6 cm³/mol. The zero-order valence-electron chi connectivity index (χ0n) is 12.4. The summed E-state index contributed by atoms with van der Waals surface area (Å²) in [6, 6.07) is 3.81. The molecule has 5 heteroatoms. The molecule has 3 N–H and O–H groups in total. The molecule has 5 nitrogen and oxygen atoms in total. The van der Waals surface area contributed by atoms with E-state index >= 15 is 0 Å². The third kappa shape index (κ3) is 2.57. The summed E-state index contributed by atoms with van der Waals surface area (Å²) >= 11 is 0. The van der Waals surface area contributed by atoms with E-state index in [9.17, 15) is 0 Å².